The van der Waals surface area contributed by atoms with Crippen LogP contribution < -0.4 is 10.0 Å². The Kier molecular flexibility index (Phi) is 6.00. The molecule has 0 unspecified atom stereocenters. The van der Waals surface area contributed by atoms with Crippen LogP contribution in [-0.2, 0) is 10.0 Å². The number of benzene rings is 3. The van der Waals surface area contributed by atoms with Crippen LogP contribution in [0.3, 0.4) is 0 Å². The van der Waals surface area contributed by atoms with E-state index in [1.54, 1.807) is 42.5 Å². The standard InChI is InChI=1S/C21H17ClN2O4S/c1-14-7-10-17(11-8-14)29(27,28)24-21(26)23-19-12-9-16(22)13-18(19)20(25)15-5-3-2-4-6-15/h2-13H,1H3,(H2,23,24,26). The van der Waals surface area contributed by atoms with Crippen molar-refractivity contribution in [2.75, 3.05) is 5.32 Å². The second-order valence-electron chi connectivity index (χ2n) is 6.26. The molecule has 6 nitrogen and oxygen atoms in total. The summed E-state index contributed by atoms with van der Waals surface area (Å²) in [5.74, 6) is -0.357. The molecule has 0 aliphatic rings. The molecule has 0 aliphatic carbocycles. The molecular formula is C21H17ClN2O4S. The molecule has 0 spiro atoms. The number of ketones is 1. The Balaban J connectivity index is 1.84. The lowest BCUT2D eigenvalue weighted by Gasteiger charge is -2.12. The van der Waals surface area contributed by atoms with Crippen LogP contribution in [0.1, 0.15) is 21.5 Å². The van der Waals surface area contributed by atoms with Crippen molar-refractivity contribution in [3.05, 3.63) is 94.5 Å². The van der Waals surface area contributed by atoms with E-state index in [1.807, 2.05) is 11.6 Å². The Morgan fingerprint density at radius 3 is 2.21 bits per heavy atom. The van der Waals surface area contributed by atoms with Gasteiger partial charge >= 0.3 is 6.03 Å². The molecule has 0 saturated carbocycles. The first kappa shape index (κ1) is 20.6. The van der Waals surface area contributed by atoms with E-state index in [2.05, 4.69) is 5.32 Å². The van der Waals surface area contributed by atoms with Crippen molar-refractivity contribution < 1.29 is 18.0 Å². The maximum Gasteiger partial charge on any atom is 0.333 e. The van der Waals surface area contributed by atoms with Crippen molar-refractivity contribution in [1.82, 2.24) is 4.72 Å². The van der Waals surface area contributed by atoms with E-state index in [1.165, 1.54) is 30.3 Å². The predicted molar refractivity (Wildman–Crippen MR) is 112 cm³/mol. The monoisotopic (exact) mass is 428 g/mol. The molecule has 0 heterocycles. The minimum atomic E-state index is -4.06. The van der Waals surface area contributed by atoms with Crippen LogP contribution in [0.5, 0.6) is 0 Å². The van der Waals surface area contributed by atoms with E-state index >= 15 is 0 Å². The third-order valence-corrected chi connectivity index (χ3v) is 5.65. The highest BCUT2D eigenvalue weighted by Crippen LogP contribution is 2.24. The number of rotatable bonds is 5. The zero-order valence-electron chi connectivity index (χ0n) is 15.3. The van der Waals surface area contributed by atoms with E-state index < -0.39 is 16.1 Å². The third kappa shape index (κ3) is 5.01. The van der Waals surface area contributed by atoms with Gasteiger partial charge in [-0.1, -0.05) is 59.6 Å². The number of urea groups is 1. The fourth-order valence-corrected chi connectivity index (χ4v) is 3.68. The average Bonchev–Trinajstić information content (AvgIpc) is 2.69. The molecule has 0 radical (unpaired) electrons. The summed E-state index contributed by atoms with van der Waals surface area (Å²) in [6, 6.07) is 17.9. The summed E-state index contributed by atoms with van der Waals surface area (Å²) in [5.41, 5.74) is 1.58. The van der Waals surface area contributed by atoms with Crippen LogP contribution in [0.4, 0.5) is 10.5 Å². The van der Waals surface area contributed by atoms with Gasteiger partial charge in [0.1, 0.15) is 0 Å². The molecule has 8 heteroatoms. The maximum absolute atomic E-state index is 12.8. The molecular weight excluding hydrogens is 412 g/mol. The summed E-state index contributed by atoms with van der Waals surface area (Å²) in [6.45, 7) is 1.82. The topological polar surface area (TPSA) is 92.3 Å². The molecule has 0 saturated heterocycles. The number of sulfonamides is 1. The number of aryl methyl sites for hydroxylation is 1. The van der Waals surface area contributed by atoms with E-state index in [-0.39, 0.29) is 21.9 Å². The number of hydrogen-bond acceptors (Lipinski definition) is 4. The zero-order chi connectivity index (χ0) is 21.0. The smallest absolute Gasteiger partial charge is 0.306 e. The van der Waals surface area contributed by atoms with Gasteiger partial charge in [-0.2, -0.15) is 0 Å². The number of carbonyl (C=O) groups excluding carboxylic acids is 2. The number of anilines is 1. The second-order valence-corrected chi connectivity index (χ2v) is 8.38. The molecule has 3 aromatic rings. The van der Waals surface area contributed by atoms with Crippen LogP contribution in [-0.4, -0.2) is 20.2 Å². The van der Waals surface area contributed by atoms with Crippen molar-refractivity contribution in [1.29, 1.82) is 0 Å². The SMILES string of the molecule is Cc1ccc(S(=O)(=O)NC(=O)Nc2ccc(Cl)cc2C(=O)c2ccccc2)cc1. The molecule has 0 bridgehead atoms. The Hall–Kier alpha value is -3.16. The molecule has 3 rings (SSSR count). The first-order chi connectivity index (χ1) is 13.8. The van der Waals surface area contributed by atoms with Gasteiger partial charge in [0.2, 0.25) is 0 Å². The van der Waals surface area contributed by atoms with E-state index in [0.717, 1.165) is 5.56 Å². The first-order valence-corrected chi connectivity index (χ1v) is 10.4. The summed E-state index contributed by atoms with van der Waals surface area (Å²) in [7, 11) is -4.06. The molecule has 0 aromatic heterocycles. The van der Waals surface area contributed by atoms with Gasteiger partial charge in [-0.3, -0.25) is 4.79 Å². The summed E-state index contributed by atoms with van der Waals surface area (Å²) >= 11 is 6.01. The van der Waals surface area contributed by atoms with Gasteiger partial charge in [-0.05, 0) is 37.3 Å². The molecule has 148 valence electrons. The maximum atomic E-state index is 12.8. The number of nitrogens with one attached hydrogen (secondary N) is 2. The summed E-state index contributed by atoms with van der Waals surface area (Å²) in [4.78, 5) is 25.1. The average molecular weight is 429 g/mol. The number of amides is 2. The van der Waals surface area contributed by atoms with Crippen LogP contribution in [0.15, 0.2) is 77.7 Å². The van der Waals surface area contributed by atoms with Gasteiger partial charge < -0.3 is 5.32 Å². The highest BCUT2D eigenvalue weighted by molar-refractivity contribution is 7.90. The predicted octanol–water partition coefficient (Wildman–Crippen LogP) is 4.39. The summed E-state index contributed by atoms with van der Waals surface area (Å²) in [6.07, 6.45) is 0. The fraction of sp³-hybridized carbons (Fsp3) is 0.0476. The summed E-state index contributed by atoms with van der Waals surface area (Å²) in [5, 5.41) is 2.72. The third-order valence-electron chi connectivity index (χ3n) is 4.07. The zero-order valence-corrected chi connectivity index (χ0v) is 16.9. The van der Waals surface area contributed by atoms with Gasteiger partial charge in [-0.25, -0.2) is 17.9 Å². The molecule has 29 heavy (non-hydrogen) atoms. The normalized spacial score (nSPS) is 11.0. The first-order valence-electron chi connectivity index (χ1n) is 8.56. The molecule has 2 N–H and O–H groups in total. The number of hydrogen-bond donors (Lipinski definition) is 2. The highest BCUT2D eigenvalue weighted by atomic mass is 35.5. The van der Waals surface area contributed by atoms with Crippen LogP contribution >= 0.6 is 11.6 Å². The molecule has 3 aromatic carbocycles. The minimum Gasteiger partial charge on any atom is -0.306 e. The highest BCUT2D eigenvalue weighted by Gasteiger charge is 2.20. The Morgan fingerprint density at radius 1 is 0.897 bits per heavy atom. The van der Waals surface area contributed by atoms with Crippen molar-refractivity contribution in [3.8, 4) is 0 Å². The lowest BCUT2D eigenvalue weighted by molar-refractivity contribution is 0.103. The van der Waals surface area contributed by atoms with Crippen LogP contribution in [0.25, 0.3) is 0 Å². The van der Waals surface area contributed by atoms with Gasteiger partial charge in [-0.15, -0.1) is 0 Å². The second kappa shape index (κ2) is 8.46. The Bertz CT molecular complexity index is 1160. The quantitative estimate of drug-likeness (QED) is 0.589. The molecule has 0 atom stereocenters. The molecule has 0 aliphatic heterocycles. The number of carbonyl (C=O) groups is 2. The Morgan fingerprint density at radius 2 is 1.55 bits per heavy atom. The van der Waals surface area contributed by atoms with Crippen molar-refractivity contribution >= 4 is 39.1 Å². The van der Waals surface area contributed by atoms with Crippen LogP contribution in [0.2, 0.25) is 5.02 Å². The van der Waals surface area contributed by atoms with Gasteiger partial charge in [0.05, 0.1) is 10.6 Å². The minimum absolute atomic E-state index is 0.0464. The summed E-state index contributed by atoms with van der Waals surface area (Å²) < 4.78 is 26.7. The Labute approximate surface area is 173 Å². The van der Waals surface area contributed by atoms with Crippen molar-refractivity contribution in [2.45, 2.75) is 11.8 Å². The van der Waals surface area contributed by atoms with Gasteiger partial charge in [0.25, 0.3) is 10.0 Å². The molecule has 2 amide bonds. The van der Waals surface area contributed by atoms with E-state index in [9.17, 15) is 18.0 Å². The van der Waals surface area contributed by atoms with Crippen molar-refractivity contribution in [3.63, 3.8) is 0 Å². The van der Waals surface area contributed by atoms with Gasteiger partial charge in [0, 0.05) is 16.1 Å². The fourth-order valence-electron chi connectivity index (χ4n) is 2.60. The van der Waals surface area contributed by atoms with E-state index in [0.29, 0.717) is 10.6 Å². The largest absolute Gasteiger partial charge is 0.333 e. The van der Waals surface area contributed by atoms with Crippen molar-refractivity contribution in [2.24, 2.45) is 0 Å². The van der Waals surface area contributed by atoms with Crippen LogP contribution in [0, 0.1) is 6.92 Å². The lowest BCUT2D eigenvalue weighted by atomic mass is 10.0. The molecule has 0 fully saturated rings. The van der Waals surface area contributed by atoms with E-state index in [4.69, 9.17) is 11.6 Å². The lowest BCUT2D eigenvalue weighted by Crippen LogP contribution is -2.34. The van der Waals surface area contributed by atoms with Gasteiger partial charge in [0.15, 0.2) is 5.78 Å². The number of halogens is 1.